The number of benzene rings is 2. The molecule has 0 bridgehead atoms. The van der Waals surface area contributed by atoms with E-state index in [0.717, 1.165) is 35.7 Å². The molecule has 3 nitrogen and oxygen atoms in total. The van der Waals surface area contributed by atoms with E-state index in [0.29, 0.717) is 0 Å². The first-order valence-corrected chi connectivity index (χ1v) is 11.2. The zero-order valence-corrected chi connectivity index (χ0v) is 17.2. The first kappa shape index (κ1) is 19.8. The predicted molar refractivity (Wildman–Crippen MR) is 120 cm³/mol. The minimum atomic E-state index is 0.0863. The average Bonchev–Trinajstić information content (AvgIpc) is 2.77. The third kappa shape index (κ3) is 5.29. The molecular weight excluding hydrogens is 356 g/mol. The standard InChI is InChI=1S/C26H31N2O/c29-25-20-26(27-24-15-9-8-14-23(24)25)28-18-16-22(17-19-28)13-5-2-1-4-10-21-11-6-3-7-12-21/h3,6-9,11-12,14-15,20,22H,1-2,4-5,10,13,16-19H2. The number of pyridine rings is 1. The summed E-state index contributed by atoms with van der Waals surface area (Å²) in [5.74, 6) is 1.77. The number of para-hydroxylation sites is 1. The van der Waals surface area contributed by atoms with Crippen molar-refractivity contribution in [2.45, 2.75) is 51.4 Å². The van der Waals surface area contributed by atoms with Crippen molar-refractivity contribution in [3.05, 3.63) is 66.2 Å². The fourth-order valence-electron chi connectivity index (χ4n) is 4.50. The van der Waals surface area contributed by atoms with Gasteiger partial charge < -0.3 is 4.90 Å². The number of piperidine rings is 1. The molecule has 1 fully saturated rings. The van der Waals surface area contributed by atoms with E-state index in [1.165, 1.54) is 56.9 Å². The number of unbranched alkanes of at least 4 members (excludes halogenated alkanes) is 3. The molecule has 0 amide bonds. The highest BCUT2D eigenvalue weighted by Gasteiger charge is 2.21. The lowest BCUT2D eigenvalue weighted by Gasteiger charge is -2.33. The number of nitrogens with zero attached hydrogens (tertiary/aromatic N) is 2. The molecule has 3 heteroatoms. The van der Waals surface area contributed by atoms with Crippen molar-refractivity contribution in [2.75, 3.05) is 18.0 Å². The van der Waals surface area contributed by atoms with Gasteiger partial charge in [0, 0.05) is 24.5 Å². The van der Waals surface area contributed by atoms with E-state index in [-0.39, 0.29) is 5.75 Å². The predicted octanol–water partition coefficient (Wildman–Crippen LogP) is 6.79. The minimum Gasteiger partial charge on any atom is -0.356 e. The van der Waals surface area contributed by atoms with Gasteiger partial charge in [-0.3, -0.25) is 5.11 Å². The zero-order valence-electron chi connectivity index (χ0n) is 17.2. The SMILES string of the molecule is [O]c1cc(N2CCC(CCCCCCc3ccccc3)CC2)nc2ccccc12. The van der Waals surface area contributed by atoms with Gasteiger partial charge in [0.1, 0.15) is 5.82 Å². The summed E-state index contributed by atoms with van der Waals surface area (Å²) >= 11 is 0. The maximum Gasteiger partial charge on any atom is 0.191 e. The maximum absolute atomic E-state index is 12.4. The topological polar surface area (TPSA) is 36.0 Å². The Labute approximate surface area is 174 Å². The molecule has 0 atom stereocenters. The quantitative estimate of drug-likeness (QED) is 0.399. The van der Waals surface area contributed by atoms with E-state index in [1.807, 2.05) is 24.3 Å². The monoisotopic (exact) mass is 387 g/mol. The number of anilines is 1. The lowest BCUT2D eigenvalue weighted by molar-refractivity contribution is 0.356. The largest absolute Gasteiger partial charge is 0.356 e. The lowest BCUT2D eigenvalue weighted by Crippen LogP contribution is -2.34. The van der Waals surface area contributed by atoms with Crippen molar-refractivity contribution in [1.82, 2.24) is 4.98 Å². The van der Waals surface area contributed by atoms with E-state index >= 15 is 0 Å². The van der Waals surface area contributed by atoms with Gasteiger partial charge in [-0.1, -0.05) is 68.1 Å². The molecule has 2 aromatic carbocycles. The van der Waals surface area contributed by atoms with Crippen LogP contribution in [0.2, 0.25) is 0 Å². The molecular formula is C26H31N2O. The first-order valence-electron chi connectivity index (χ1n) is 11.2. The summed E-state index contributed by atoms with van der Waals surface area (Å²) in [7, 11) is 0. The van der Waals surface area contributed by atoms with Gasteiger partial charge in [0.25, 0.3) is 0 Å². The second kappa shape index (κ2) is 9.78. The van der Waals surface area contributed by atoms with E-state index in [4.69, 9.17) is 4.98 Å². The molecule has 2 heterocycles. The fraction of sp³-hybridized carbons (Fsp3) is 0.423. The van der Waals surface area contributed by atoms with Crippen LogP contribution < -0.4 is 4.90 Å². The Morgan fingerprint density at radius 2 is 1.59 bits per heavy atom. The Hall–Kier alpha value is -2.55. The van der Waals surface area contributed by atoms with Crippen molar-refractivity contribution in [2.24, 2.45) is 5.92 Å². The van der Waals surface area contributed by atoms with Crippen LogP contribution in [0.1, 0.15) is 50.5 Å². The van der Waals surface area contributed by atoms with Crippen LogP contribution in [0.25, 0.3) is 10.9 Å². The summed E-state index contributed by atoms with van der Waals surface area (Å²) in [6.45, 7) is 2.03. The summed E-state index contributed by atoms with van der Waals surface area (Å²) < 4.78 is 0. The van der Waals surface area contributed by atoms with Crippen molar-refractivity contribution in [1.29, 1.82) is 0 Å². The van der Waals surface area contributed by atoms with Crippen molar-refractivity contribution in [3.8, 4) is 5.75 Å². The Morgan fingerprint density at radius 3 is 2.41 bits per heavy atom. The van der Waals surface area contributed by atoms with Crippen LogP contribution in [0.4, 0.5) is 5.82 Å². The molecule has 3 aromatic rings. The van der Waals surface area contributed by atoms with Gasteiger partial charge in [-0.2, -0.15) is 0 Å². The summed E-state index contributed by atoms with van der Waals surface area (Å²) in [5.41, 5.74) is 2.27. The number of aryl methyl sites for hydroxylation is 1. The molecule has 0 unspecified atom stereocenters. The first-order chi connectivity index (χ1) is 14.3. The van der Waals surface area contributed by atoms with Gasteiger partial charge in [0.15, 0.2) is 5.75 Å². The molecule has 151 valence electrons. The highest BCUT2D eigenvalue weighted by atomic mass is 16.3. The molecule has 1 radical (unpaired) electrons. The van der Waals surface area contributed by atoms with E-state index < -0.39 is 0 Å². The zero-order chi connectivity index (χ0) is 19.9. The van der Waals surface area contributed by atoms with Crippen molar-refractivity contribution >= 4 is 16.7 Å². The highest BCUT2D eigenvalue weighted by Crippen LogP contribution is 2.31. The van der Waals surface area contributed by atoms with Crippen LogP contribution in [0, 0.1) is 5.92 Å². The minimum absolute atomic E-state index is 0.0863. The van der Waals surface area contributed by atoms with E-state index in [1.54, 1.807) is 6.07 Å². The molecule has 0 N–H and O–H groups in total. The maximum atomic E-state index is 12.4. The van der Waals surface area contributed by atoms with Gasteiger partial charge in [-0.25, -0.2) is 4.98 Å². The summed E-state index contributed by atoms with van der Waals surface area (Å²) in [4.78, 5) is 7.03. The summed E-state index contributed by atoms with van der Waals surface area (Å²) in [6.07, 6.45) is 10.3. The smallest absolute Gasteiger partial charge is 0.191 e. The molecule has 0 saturated carbocycles. The Morgan fingerprint density at radius 1 is 0.862 bits per heavy atom. The molecule has 0 spiro atoms. The molecule has 1 aliphatic rings. The molecule has 0 aliphatic carbocycles. The molecule has 1 aromatic heterocycles. The van der Waals surface area contributed by atoms with Gasteiger partial charge >= 0.3 is 0 Å². The molecule has 4 rings (SSSR count). The van der Waals surface area contributed by atoms with E-state index in [9.17, 15) is 5.11 Å². The van der Waals surface area contributed by atoms with Crippen LogP contribution in [-0.4, -0.2) is 18.1 Å². The number of fused-ring (bicyclic) bond motifs is 1. The van der Waals surface area contributed by atoms with Crippen molar-refractivity contribution < 1.29 is 5.11 Å². The van der Waals surface area contributed by atoms with Crippen LogP contribution in [0.5, 0.6) is 5.75 Å². The van der Waals surface area contributed by atoms with Crippen LogP contribution in [0.3, 0.4) is 0 Å². The van der Waals surface area contributed by atoms with Crippen LogP contribution in [0.15, 0.2) is 60.7 Å². The Kier molecular flexibility index (Phi) is 6.66. The summed E-state index contributed by atoms with van der Waals surface area (Å²) in [6, 6.07) is 20.2. The van der Waals surface area contributed by atoms with Gasteiger partial charge in [-0.05, 0) is 49.3 Å². The Balaban J connectivity index is 1.17. The number of rotatable bonds is 8. The third-order valence-electron chi connectivity index (χ3n) is 6.27. The normalized spacial score (nSPS) is 15.1. The van der Waals surface area contributed by atoms with Gasteiger partial charge in [0.2, 0.25) is 0 Å². The number of aromatic nitrogens is 1. The highest BCUT2D eigenvalue weighted by molar-refractivity contribution is 5.86. The van der Waals surface area contributed by atoms with Gasteiger partial charge in [-0.15, -0.1) is 0 Å². The second-order valence-electron chi connectivity index (χ2n) is 8.36. The molecule has 29 heavy (non-hydrogen) atoms. The molecule has 1 saturated heterocycles. The number of hydrogen-bond acceptors (Lipinski definition) is 2. The van der Waals surface area contributed by atoms with Crippen LogP contribution >= 0.6 is 0 Å². The van der Waals surface area contributed by atoms with Crippen LogP contribution in [-0.2, 0) is 11.5 Å². The fourth-order valence-corrected chi connectivity index (χ4v) is 4.50. The van der Waals surface area contributed by atoms with E-state index in [2.05, 4.69) is 35.2 Å². The Bertz CT molecular complexity index is 901. The van der Waals surface area contributed by atoms with Crippen molar-refractivity contribution in [3.63, 3.8) is 0 Å². The molecule has 1 aliphatic heterocycles. The van der Waals surface area contributed by atoms with Gasteiger partial charge in [0.05, 0.1) is 5.52 Å². The third-order valence-corrected chi connectivity index (χ3v) is 6.27. The average molecular weight is 388 g/mol. The number of hydrogen-bond donors (Lipinski definition) is 0. The summed E-state index contributed by atoms with van der Waals surface area (Å²) in [5, 5.41) is 13.1. The lowest BCUT2D eigenvalue weighted by atomic mass is 9.91. The second-order valence-corrected chi connectivity index (χ2v) is 8.36.